The summed E-state index contributed by atoms with van der Waals surface area (Å²) >= 11 is 0. The second-order valence-corrected chi connectivity index (χ2v) is 14.1. The lowest BCUT2D eigenvalue weighted by Gasteiger charge is -2.27. The molecule has 0 spiro atoms. The maximum atomic E-state index is 16.3. The van der Waals surface area contributed by atoms with E-state index in [4.69, 9.17) is 0 Å². The molecule has 1 heterocycles. The Hall–Kier alpha value is -7.27. The number of halogens is 9. The Morgan fingerprint density at radius 3 is 1.30 bits per heavy atom. The lowest BCUT2D eigenvalue weighted by Crippen LogP contribution is -2.17. The minimum atomic E-state index is -2.64. The molecule has 1 aromatic heterocycles. The summed E-state index contributed by atoms with van der Waals surface area (Å²) in [5.41, 5.74) is 1.33. The zero-order valence-corrected chi connectivity index (χ0v) is 31.2. The fourth-order valence-electron chi connectivity index (χ4n) is 7.68. The van der Waals surface area contributed by atoms with E-state index in [0.29, 0.717) is 11.1 Å². The predicted octanol–water partition coefficient (Wildman–Crippen LogP) is 14.8. The van der Waals surface area contributed by atoms with E-state index in [2.05, 4.69) is 16.7 Å². The number of aromatic nitrogens is 1. The average Bonchev–Trinajstić information content (AvgIpc) is 3.60. The molecule has 0 bridgehead atoms. The first kappa shape index (κ1) is 38.3. The van der Waals surface area contributed by atoms with Crippen LogP contribution in [0.5, 0.6) is 0 Å². The maximum Gasteiger partial charge on any atom is 0.200 e. The van der Waals surface area contributed by atoms with Crippen molar-refractivity contribution >= 4 is 38.9 Å². The van der Waals surface area contributed by atoms with Crippen molar-refractivity contribution in [1.29, 1.82) is 0 Å². The first-order valence-electron chi connectivity index (χ1n) is 18.5. The Labute approximate surface area is 336 Å². The van der Waals surface area contributed by atoms with Crippen molar-refractivity contribution in [1.82, 2.24) is 4.57 Å². The predicted molar refractivity (Wildman–Crippen MR) is 216 cm³/mol. The number of benzene rings is 8. The third-order valence-corrected chi connectivity index (χ3v) is 10.6. The van der Waals surface area contributed by atoms with E-state index in [1.54, 1.807) is 36.4 Å². The molecule has 0 fully saturated rings. The molecule has 0 aliphatic carbocycles. The summed E-state index contributed by atoms with van der Waals surface area (Å²) in [6, 6.07) is 43.4. The van der Waals surface area contributed by atoms with Crippen LogP contribution in [-0.2, 0) is 0 Å². The standard InChI is InChI=1S/C49H27F9N2/c1-26-12-22-36-34(24-26)35-25-30(17-23-37(35)60(36)31-10-6-3-7-11-31)29-15-20-33(21-16-29)59(32-18-13-28(14-19-32)27-8-4-2-5-9-27)49-47(57)42(52)39(43(53)48(49)58)38-40(50)44(54)46(56)45(55)41(38)51/h2-25H,1H3. The minimum absolute atomic E-state index is 0.00387. The number of aryl methyl sites for hydroxylation is 1. The third-order valence-electron chi connectivity index (χ3n) is 10.6. The van der Waals surface area contributed by atoms with Crippen molar-refractivity contribution in [2.75, 3.05) is 4.90 Å². The first-order chi connectivity index (χ1) is 28.9. The topological polar surface area (TPSA) is 8.17 Å². The van der Waals surface area contributed by atoms with Gasteiger partial charge in [-0.15, -0.1) is 0 Å². The normalized spacial score (nSPS) is 11.5. The van der Waals surface area contributed by atoms with Crippen LogP contribution in [0.1, 0.15) is 5.56 Å². The average molecular weight is 815 g/mol. The molecular formula is C49H27F9N2. The van der Waals surface area contributed by atoms with Crippen LogP contribution in [0.2, 0.25) is 0 Å². The zero-order valence-electron chi connectivity index (χ0n) is 31.2. The summed E-state index contributed by atoms with van der Waals surface area (Å²) in [7, 11) is 0. The van der Waals surface area contributed by atoms with Gasteiger partial charge in [-0.25, -0.2) is 39.5 Å². The van der Waals surface area contributed by atoms with Gasteiger partial charge in [0.15, 0.2) is 46.5 Å². The maximum absolute atomic E-state index is 16.3. The van der Waals surface area contributed by atoms with Crippen molar-refractivity contribution in [2.24, 2.45) is 0 Å². The van der Waals surface area contributed by atoms with Gasteiger partial charge in [0.2, 0.25) is 5.82 Å². The van der Waals surface area contributed by atoms with Crippen molar-refractivity contribution in [2.45, 2.75) is 6.92 Å². The van der Waals surface area contributed by atoms with Gasteiger partial charge in [-0.2, -0.15) is 0 Å². The second-order valence-electron chi connectivity index (χ2n) is 14.1. The molecule has 2 nitrogen and oxygen atoms in total. The molecule has 0 unspecified atom stereocenters. The van der Waals surface area contributed by atoms with Crippen LogP contribution in [0.15, 0.2) is 146 Å². The van der Waals surface area contributed by atoms with Crippen molar-refractivity contribution in [3.8, 4) is 39.1 Å². The van der Waals surface area contributed by atoms with Crippen LogP contribution in [0, 0.1) is 59.3 Å². The molecule has 0 aliphatic heterocycles. The van der Waals surface area contributed by atoms with Crippen LogP contribution in [0.3, 0.4) is 0 Å². The number of rotatable bonds is 7. The number of nitrogens with zero attached hydrogens (tertiary/aromatic N) is 2. The Morgan fingerprint density at radius 1 is 0.367 bits per heavy atom. The van der Waals surface area contributed by atoms with E-state index in [-0.39, 0.29) is 11.4 Å². The lowest BCUT2D eigenvalue weighted by molar-refractivity contribution is 0.379. The highest BCUT2D eigenvalue weighted by Gasteiger charge is 2.36. The number of anilines is 3. The summed E-state index contributed by atoms with van der Waals surface area (Å²) in [5, 5.41) is 1.98. The molecule has 8 aromatic carbocycles. The number of fused-ring (bicyclic) bond motifs is 3. The first-order valence-corrected chi connectivity index (χ1v) is 18.5. The Morgan fingerprint density at radius 2 is 0.767 bits per heavy atom. The Kier molecular flexibility index (Phi) is 9.46. The van der Waals surface area contributed by atoms with Crippen LogP contribution >= 0.6 is 0 Å². The zero-order chi connectivity index (χ0) is 42.0. The highest BCUT2D eigenvalue weighted by Crippen LogP contribution is 2.45. The highest BCUT2D eigenvalue weighted by molar-refractivity contribution is 6.10. The van der Waals surface area contributed by atoms with E-state index in [1.807, 2.05) is 79.7 Å². The molecule has 0 saturated heterocycles. The molecule has 11 heteroatoms. The van der Waals surface area contributed by atoms with Gasteiger partial charge in [0.1, 0.15) is 5.69 Å². The smallest absolute Gasteiger partial charge is 0.200 e. The molecule has 0 atom stereocenters. The molecule has 0 N–H and O–H groups in total. The van der Waals surface area contributed by atoms with E-state index in [9.17, 15) is 22.0 Å². The van der Waals surface area contributed by atoms with E-state index >= 15 is 17.6 Å². The van der Waals surface area contributed by atoms with Gasteiger partial charge in [0.05, 0.1) is 22.2 Å². The molecule has 9 rings (SSSR count). The summed E-state index contributed by atoms with van der Waals surface area (Å²) < 4.78 is 139. The van der Waals surface area contributed by atoms with E-state index in [1.165, 1.54) is 24.3 Å². The summed E-state index contributed by atoms with van der Waals surface area (Å²) in [5.74, 6) is -22.1. The number of hydrogen-bond donors (Lipinski definition) is 0. The largest absolute Gasteiger partial charge is 0.309 e. The van der Waals surface area contributed by atoms with Gasteiger partial charge in [0, 0.05) is 27.8 Å². The highest BCUT2D eigenvalue weighted by atomic mass is 19.2. The van der Waals surface area contributed by atoms with Crippen LogP contribution in [-0.4, -0.2) is 4.57 Å². The monoisotopic (exact) mass is 814 g/mol. The molecular weight excluding hydrogens is 788 g/mol. The van der Waals surface area contributed by atoms with Gasteiger partial charge in [-0.05, 0) is 89.8 Å². The number of para-hydroxylation sites is 1. The van der Waals surface area contributed by atoms with Gasteiger partial charge >= 0.3 is 0 Å². The van der Waals surface area contributed by atoms with Crippen molar-refractivity contribution in [3.63, 3.8) is 0 Å². The van der Waals surface area contributed by atoms with Crippen molar-refractivity contribution in [3.05, 3.63) is 204 Å². The fourth-order valence-corrected chi connectivity index (χ4v) is 7.68. The van der Waals surface area contributed by atoms with Gasteiger partial charge in [0.25, 0.3) is 0 Å². The van der Waals surface area contributed by atoms with Crippen LogP contribution in [0.25, 0.3) is 60.9 Å². The van der Waals surface area contributed by atoms with Crippen molar-refractivity contribution < 1.29 is 39.5 Å². The lowest BCUT2D eigenvalue weighted by atomic mass is 9.99. The molecule has 296 valence electrons. The van der Waals surface area contributed by atoms with Gasteiger partial charge in [-0.1, -0.05) is 90.5 Å². The van der Waals surface area contributed by atoms with E-state index < -0.39 is 69.2 Å². The molecule has 0 radical (unpaired) electrons. The van der Waals surface area contributed by atoms with Gasteiger partial charge in [-0.3, -0.25) is 0 Å². The fraction of sp³-hybridized carbons (Fsp3) is 0.0204. The minimum Gasteiger partial charge on any atom is -0.309 e. The summed E-state index contributed by atoms with van der Waals surface area (Å²) in [6.45, 7) is 2.00. The van der Waals surface area contributed by atoms with Crippen LogP contribution < -0.4 is 4.90 Å². The third kappa shape index (κ3) is 6.16. The van der Waals surface area contributed by atoms with E-state index in [0.717, 1.165) is 49.1 Å². The SMILES string of the molecule is Cc1ccc2c(c1)c1cc(-c3ccc(N(c4ccc(-c5ccccc5)cc4)c4c(F)c(F)c(-c5c(F)c(F)c(F)c(F)c5F)c(F)c4F)cc3)ccc1n2-c1ccccc1. The Bertz CT molecular complexity index is 3070. The molecule has 0 aliphatic rings. The van der Waals surface area contributed by atoms with Crippen LogP contribution in [0.4, 0.5) is 56.6 Å². The molecule has 9 aromatic rings. The summed E-state index contributed by atoms with van der Waals surface area (Å²) in [4.78, 5) is 0.858. The Balaban J connectivity index is 1.19. The second kappa shape index (κ2) is 14.8. The molecule has 0 amide bonds. The molecule has 0 saturated carbocycles. The quantitative estimate of drug-likeness (QED) is 0.0884. The number of hydrogen-bond acceptors (Lipinski definition) is 1. The summed E-state index contributed by atoms with van der Waals surface area (Å²) in [6.07, 6.45) is 0. The van der Waals surface area contributed by atoms with Gasteiger partial charge < -0.3 is 9.47 Å². The molecule has 60 heavy (non-hydrogen) atoms.